The van der Waals surface area contributed by atoms with Crippen LogP contribution in [-0.4, -0.2) is 26.3 Å². The molecule has 2 heterocycles. The molecule has 2 N–H and O–H groups in total. The van der Waals surface area contributed by atoms with Crippen LogP contribution in [0, 0.1) is 0 Å². The SMILES string of the molecule is CC(C)(C)n1ncc2c(=O)[nH]c(NCC3(c4ccccc4)CCCC3)nc21. The Bertz CT molecular complexity index is 991. The predicted octanol–water partition coefficient (Wildman–Crippen LogP) is 3.80. The third-order valence-corrected chi connectivity index (χ3v) is 5.61. The fourth-order valence-electron chi connectivity index (χ4n) is 4.16. The van der Waals surface area contributed by atoms with Crippen LogP contribution in [0.4, 0.5) is 5.95 Å². The maximum absolute atomic E-state index is 12.5. The van der Waals surface area contributed by atoms with Crippen LogP contribution >= 0.6 is 0 Å². The molecule has 1 aliphatic carbocycles. The van der Waals surface area contributed by atoms with Gasteiger partial charge in [0, 0.05) is 12.0 Å². The van der Waals surface area contributed by atoms with Gasteiger partial charge in [-0.3, -0.25) is 9.78 Å². The fraction of sp³-hybridized carbons (Fsp3) is 0.476. The van der Waals surface area contributed by atoms with Gasteiger partial charge in [0.2, 0.25) is 5.95 Å². The summed E-state index contributed by atoms with van der Waals surface area (Å²) in [5.74, 6) is 0.515. The minimum Gasteiger partial charge on any atom is -0.355 e. The van der Waals surface area contributed by atoms with Crippen molar-refractivity contribution in [2.45, 2.75) is 57.4 Å². The highest BCUT2D eigenvalue weighted by molar-refractivity contribution is 5.74. The Morgan fingerprint density at radius 3 is 2.56 bits per heavy atom. The average Bonchev–Trinajstić information content (AvgIpc) is 3.28. The van der Waals surface area contributed by atoms with Gasteiger partial charge in [-0.1, -0.05) is 43.2 Å². The number of nitrogens with zero attached hydrogens (tertiary/aromatic N) is 3. The molecule has 0 aliphatic heterocycles. The van der Waals surface area contributed by atoms with Crippen molar-refractivity contribution in [1.29, 1.82) is 0 Å². The van der Waals surface area contributed by atoms with Gasteiger partial charge >= 0.3 is 0 Å². The number of rotatable bonds is 4. The number of hydrogen-bond donors (Lipinski definition) is 2. The van der Waals surface area contributed by atoms with E-state index in [-0.39, 0.29) is 16.5 Å². The maximum Gasteiger partial charge on any atom is 0.263 e. The molecule has 0 bridgehead atoms. The number of anilines is 1. The molecule has 142 valence electrons. The zero-order chi connectivity index (χ0) is 19.1. The van der Waals surface area contributed by atoms with E-state index in [1.807, 2.05) is 4.68 Å². The number of hydrogen-bond acceptors (Lipinski definition) is 4. The summed E-state index contributed by atoms with van der Waals surface area (Å²) in [5, 5.41) is 8.32. The lowest BCUT2D eigenvalue weighted by Gasteiger charge is -2.30. The molecule has 0 radical (unpaired) electrons. The quantitative estimate of drug-likeness (QED) is 0.737. The molecular weight excluding hydrogens is 338 g/mol. The summed E-state index contributed by atoms with van der Waals surface area (Å²) in [6.07, 6.45) is 6.36. The van der Waals surface area contributed by atoms with Gasteiger partial charge in [-0.15, -0.1) is 0 Å². The van der Waals surface area contributed by atoms with Crippen molar-refractivity contribution in [3.63, 3.8) is 0 Å². The molecule has 1 aromatic carbocycles. The summed E-state index contributed by atoms with van der Waals surface area (Å²) in [6, 6.07) is 10.7. The minimum atomic E-state index is -0.240. The lowest BCUT2D eigenvalue weighted by Crippen LogP contribution is -2.32. The monoisotopic (exact) mass is 365 g/mol. The summed E-state index contributed by atoms with van der Waals surface area (Å²) in [4.78, 5) is 20.1. The Labute approximate surface area is 159 Å². The molecule has 0 atom stereocenters. The lowest BCUT2D eigenvalue weighted by atomic mass is 9.79. The Balaban J connectivity index is 1.66. The number of benzene rings is 1. The van der Waals surface area contributed by atoms with Crippen LogP contribution in [0.1, 0.15) is 52.0 Å². The Kier molecular flexibility index (Phi) is 4.29. The van der Waals surface area contributed by atoms with Crippen LogP contribution in [-0.2, 0) is 11.0 Å². The van der Waals surface area contributed by atoms with Crippen molar-refractivity contribution in [3.8, 4) is 0 Å². The largest absolute Gasteiger partial charge is 0.355 e. The third-order valence-electron chi connectivity index (χ3n) is 5.61. The van der Waals surface area contributed by atoms with Gasteiger partial charge in [-0.05, 0) is 39.2 Å². The maximum atomic E-state index is 12.5. The first-order valence-electron chi connectivity index (χ1n) is 9.67. The first kappa shape index (κ1) is 17.8. The van der Waals surface area contributed by atoms with Gasteiger partial charge < -0.3 is 5.32 Å². The lowest BCUT2D eigenvalue weighted by molar-refractivity contribution is 0.366. The van der Waals surface area contributed by atoms with Crippen LogP contribution in [0.3, 0.4) is 0 Å². The van der Waals surface area contributed by atoms with Gasteiger partial charge in [0.1, 0.15) is 5.39 Å². The molecule has 0 amide bonds. The molecule has 6 nitrogen and oxygen atoms in total. The molecule has 2 aromatic heterocycles. The standard InChI is InChI=1S/C21H27N5O/c1-20(2,3)26-17-16(13-23-26)18(27)25-19(24-17)22-14-21(11-7-8-12-21)15-9-5-4-6-10-15/h4-6,9-10,13H,7-8,11-12,14H2,1-3H3,(H2,22,24,25,27). The van der Waals surface area contributed by atoms with E-state index in [1.165, 1.54) is 18.4 Å². The third kappa shape index (κ3) is 3.24. The van der Waals surface area contributed by atoms with Crippen molar-refractivity contribution in [2.24, 2.45) is 0 Å². The predicted molar refractivity (Wildman–Crippen MR) is 108 cm³/mol. The molecule has 0 spiro atoms. The van der Waals surface area contributed by atoms with Crippen LogP contribution in [0.2, 0.25) is 0 Å². The summed E-state index contributed by atoms with van der Waals surface area (Å²) in [5.41, 5.74) is 1.68. The highest BCUT2D eigenvalue weighted by Gasteiger charge is 2.35. The molecule has 1 saturated carbocycles. The molecule has 0 saturated heterocycles. The van der Waals surface area contributed by atoms with Crippen LogP contribution in [0.15, 0.2) is 41.3 Å². The van der Waals surface area contributed by atoms with Crippen molar-refractivity contribution in [1.82, 2.24) is 19.7 Å². The van der Waals surface area contributed by atoms with E-state index in [0.717, 1.165) is 19.4 Å². The molecule has 1 fully saturated rings. The summed E-state index contributed by atoms with van der Waals surface area (Å²) >= 11 is 0. The number of aromatic nitrogens is 4. The molecule has 1 aliphatic rings. The van der Waals surface area contributed by atoms with Crippen molar-refractivity contribution in [3.05, 3.63) is 52.4 Å². The van der Waals surface area contributed by atoms with Gasteiger partial charge in [0.15, 0.2) is 5.65 Å². The Morgan fingerprint density at radius 1 is 1.19 bits per heavy atom. The first-order valence-corrected chi connectivity index (χ1v) is 9.67. The normalized spacial score (nSPS) is 16.7. The Morgan fingerprint density at radius 2 is 1.89 bits per heavy atom. The molecule has 3 aromatic rings. The molecule has 6 heteroatoms. The summed E-state index contributed by atoms with van der Waals surface area (Å²) in [6.45, 7) is 6.92. The van der Waals surface area contributed by atoms with E-state index in [4.69, 9.17) is 0 Å². The van der Waals surface area contributed by atoms with Crippen molar-refractivity contribution in [2.75, 3.05) is 11.9 Å². The van der Waals surface area contributed by atoms with Crippen LogP contribution < -0.4 is 10.9 Å². The number of aromatic amines is 1. The topological polar surface area (TPSA) is 75.6 Å². The van der Waals surface area contributed by atoms with Crippen LogP contribution in [0.25, 0.3) is 11.0 Å². The smallest absolute Gasteiger partial charge is 0.263 e. The van der Waals surface area contributed by atoms with E-state index in [2.05, 4.69) is 71.5 Å². The van der Waals surface area contributed by atoms with Gasteiger partial charge in [0.05, 0.1) is 11.7 Å². The highest BCUT2D eigenvalue weighted by atomic mass is 16.1. The van der Waals surface area contributed by atoms with E-state index >= 15 is 0 Å². The second-order valence-electron chi connectivity index (χ2n) is 8.59. The minimum absolute atomic E-state index is 0.0963. The highest BCUT2D eigenvalue weighted by Crippen LogP contribution is 2.41. The second-order valence-corrected chi connectivity index (χ2v) is 8.59. The van der Waals surface area contributed by atoms with Gasteiger partial charge in [-0.2, -0.15) is 10.1 Å². The number of H-pyrrole nitrogens is 1. The van der Waals surface area contributed by atoms with E-state index in [1.54, 1.807) is 6.20 Å². The average molecular weight is 365 g/mol. The van der Waals surface area contributed by atoms with E-state index in [9.17, 15) is 4.79 Å². The van der Waals surface area contributed by atoms with E-state index in [0.29, 0.717) is 17.0 Å². The van der Waals surface area contributed by atoms with Gasteiger partial charge in [-0.25, -0.2) is 4.68 Å². The van der Waals surface area contributed by atoms with E-state index < -0.39 is 0 Å². The number of fused-ring (bicyclic) bond motifs is 1. The van der Waals surface area contributed by atoms with Crippen molar-refractivity contribution >= 4 is 17.0 Å². The zero-order valence-electron chi connectivity index (χ0n) is 16.2. The van der Waals surface area contributed by atoms with Crippen molar-refractivity contribution < 1.29 is 0 Å². The zero-order valence-corrected chi connectivity index (χ0v) is 16.2. The molecule has 0 unspecified atom stereocenters. The first-order chi connectivity index (χ1) is 12.9. The second kappa shape index (κ2) is 6.51. The molecule has 4 rings (SSSR count). The molecule has 27 heavy (non-hydrogen) atoms. The number of nitrogens with one attached hydrogen (secondary N) is 2. The van der Waals surface area contributed by atoms with Crippen LogP contribution in [0.5, 0.6) is 0 Å². The Hall–Kier alpha value is -2.63. The van der Waals surface area contributed by atoms with Gasteiger partial charge in [0.25, 0.3) is 5.56 Å². The fourth-order valence-corrected chi connectivity index (χ4v) is 4.16. The molecular formula is C21H27N5O. The summed E-state index contributed by atoms with van der Waals surface area (Å²) in [7, 11) is 0. The summed E-state index contributed by atoms with van der Waals surface area (Å²) < 4.78 is 1.81.